The van der Waals surface area contributed by atoms with Crippen molar-refractivity contribution < 1.29 is 9.53 Å². The van der Waals surface area contributed by atoms with E-state index in [2.05, 4.69) is 17.9 Å². The van der Waals surface area contributed by atoms with E-state index in [0.29, 0.717) is 5.57 Å². The van der Waals surface area contributed by atoms with Crippen LogP contribution in [-0.2, 0) is 9.53 Å². The molecule has 0 aromatic carbocycles. The molecular weight excluding hydrogens is 255 g/mol. The molecule has 0 atom stereocenters. The molecular formula is C8H9IO2. The number of rotatable bonds is 3. The first-order valence-electron chi connectivity index (χ1n) is 2.87. The maximum atomic E-state index is 10.7. The summed E-state index contributed by atoms with van der Waals surface area (Å²) in [5, 5.41) is 0. The van der Waals surface area contributed by atoms with E-state index < -0.39 is 5.97 Å². The summed E-state index contributed by atoms with van der Waals surface area (Å²) in [5.41, 5.74) is 0.324. The van der Waals surface area contributed by atoms with Gasteiger partial charge in [-0.15, -0.1) is 0 Å². The molecule has 0 bridgehead atoms. The van der Waals surface area contributed by atoms with Crippen molar-refractivity contribution in [3.63, 3.8) is 0 Å². The highest BCUT2D eigenvalue weighted by Gasteiger charge is 2.00. The fraction of sp³-hybridized carbons (Fsp3) is 0.125. The number of hydrogen-bond donors (Lipinski definition) is 0. The molecule has 0 aromatic rings. The topological polar surface area (TPSA) is 26.3 Å². The fourth-order valence-electron chi connectivity index (χ4n) is 0.390. The van der Waals surface area contributed by atoms with Crippen LogP contribution < -0.4 is 0 Å². The summed E-state index contributed by atoms with van der Waals surface area (Å²) >= 11 is 2.04. The summed E-state index contributed by atoms with van der Waals surface area (Å²) in [6, 6.07) is 0. The summed E-state index contributed by atoms with van der Waals surface area (Å²) < 4.78 is 5.26. The highest BCUT2D eigenvalue weighted by atomic mass is 127. The van der Waals surface area contributed by atoms with Gasteiger partial charge in [-0.2, -0.15) is 0 Å². The molecule has 0 aliphatic rings. The lowest BCUT2D eigenvalue weighted by Crippen LogP contribution is -2.00. The second-order valence-corrected chi connectivity index (χ2v) is 3.18. The molecule has 0 unspecified atom stereocenters. The molecule has 0 heterocycles. The maximum Gasteiger partial charge on any atom is 0.337 e. The number of allylic oxidation sites excluding steroid dienone is 2. The quantitative estimate of drug-likeness (QED) is 0.338. The lowest BCUT2D eigenvalue weighted by molar-refractivity contribution is -0.135. The Hall–Kier alpha value is -0.580. The van der Waals surface area contributed by atoms with Gasteiger partial charge in [0.15, 0.2) is 0 Å². The van der Waals surface area contributed by atoms with Crippen LogP contribution in [0.3, 0.4) is 0 Å². The van der Waals surface area contributed by atoms with Crippen LogP contribution in [0.5, 0.6) is 0 Å². The first-order chi connectivity index (χ1) is 5.07. The van der Waals surface area contributed by atoms with Crippen LogP contribution in [0.1, 0.15) is 0 Å². The van der Waals surface area contributed by atoms with E-state index in [9.17, 15) is 4.79 Å². The van der Waals surface area contributed by atoms with Crippen molar-refractivity contribution in [3.05, 3.63) is 34.5 Å². The average molecular weight is 264 g/mol. The minimum atomic E-state index is -0.418. The SMILES string of the molecule is C=C(I)/C=C\C(=C)C(=O)OC. The van der Waals surface area contributed by atoms with Crippen LogP contribution in [0.15, 0.2) is 34.5 Å². The van der Waals surface area contributed by atoms with Gasteiger partial charge in [0.1, 0.15) is 0 Å². The van der Waals surface area contributed by atoms with Crippen LogP contribution in [-0.4, -0.2) is 13.1 Å². The monoisotopic (exact) mass is 264 g/mol. The van der Waals surface area contributed by atoms with E-state index in [1.165, 1.54) is 7.11 Å². The Labute approximate surface area is 79.8 Å². The third-order valence-corrected chi connectivity index (χ3v) is 1.27. The first kappa shape index (κ1) is 10.4. The Morgan fingerprint density at radius 3 is 2.36 bits per heavy atom. The van der Waals surface area contributed by atoms with Crippen molar-refractivity contribution in [1.82, 2.24) is 0 Å². The van der Waals surface area contributed by atoms with Gasteiger partial charge in [-0.25, -0.2) is 4.79 Å². The molecule has 0 spiro atoms. The maximum absolute atomic E-state index is 10.7. The molecule has 11 heavy (non-hydrogen) atoms. The van der Waals surface area contributed by atoms with E-state index >= 15 is 0 Å². The zero-order chi connectivity index (χ0) is 8.85. The Bertz CT molecular complexity index is 216. The number of methoxy groups -OCH3 is 1. The molecule has 0 fully saturated rings. The van der Waals surface area contributed by atoms with Crippen molar-refractivity contribution in [2.24, 2.45) is 0 Å². The Morgan fingerprint density at radius 1 is 1.45 bits per heavy atom. The van der Waals surface area contributed by atoms with Crippen molar-refractivity contribution >= 4 is 28.6 Å². The molecule has 0 radical (unpaired) electrons. The third-order valence-electron chi connectivity index (χ3n) is 0.913. The van der Waals surface area contributed by atoms with Crippen molar-refractivity contribution in [3.8, 4) is 0 Å². The molecule has 0 amide bonds. The van der Waals surface area contributed by atoms with Gasteiger partial charge in [-0.05, 0) is 34.7 Å². The van der Waals surface area contributed by atoms with Gasteiger partial charge >= 0.3 is 5.97 Å². The standard InChI is InChI=1S/C8H9IO2/c1-6(8(10)11-3)4-5-7(2)9/h4-5H,1-2H2,3H3/b5-4-. The highest BCUT2D eigenvalue weighted by molar-refractivity contribution is 14.1. The van der Waals surface area contributed by atoms with Crippen molar-refractivity contribution in [2.45, 2.75) is 0 Å². The zero-order valence-electron chi connectivity index (χ0n) is 6.26. The zero-order valence-corrected chi connectivity index (χ0v) is 8.42. The smallest absolute Gasteiger partial charge is 0.337 e. The molecule has 60 valence electrons. The normalized spacial score (nSPS) is 9.64. The molecule has 0 N–H and O–H groups in total. The van der Waals surface area contributed by atoms with Gasteiger partial charge in [0, 0.05) is 3.58 Å². The van der Waals surface area contributed by atoms with E-state index in [1.807, 2.05) is 22.6 Å². The van der Waals surface area contributed by atoms with E-state index in [0.717, 1.165) is 3.58 Å². The summed E-state index contributed by atoms with van der Waals surface area (Å²) in [4.78, 5) is 10.7. The average Bonchev–Trinajstić information content (AvgIpc) is 1.98. The van der Waals surface area contributed by atoms with Gasteiger partial charge in [-0.3, -0.25) is 0 Å². The molecule has 0 saturated carbocycles. The van der Waals surface area contributed by atoms with E-state index in [1.54, 1.807) is 12.2 Å². The summed E-state index contributed by atoms with van der Waals surface area (Å²) in [6.07, 6.45) is 3.26. The predicted octanol–water partition coefficient (Wildman–Crippen LogP) is 2.22. The van der Waals surface area contributed by atoms with Gasteiger partial charge in [-0.1, -0.05) is 13.2 Å². The van der Waals surface area contributed by atoms with Crippen LogP contribution in [0.2, 0.25) is 0 Å². The highest BCUT2D eigenvalue weighted by Crippen LogP contribution is 2.05. The van der Waals surface area contributed by atoms with Crippen LogP contribution in [0.4, 0.5) is 0 Å². The van der Waals surface area contributed by atoms with Gasteiger partial charge in [0.05, 0.1) is 12.7 Å². The molecule has 0 aliphatic carbocycles. The first-order valence-corrected chi connectivity index (χ1v) is 3.95. The van der Waals surface area contributed by atoms with E-state index in [-0.39, 0.29) is 0 Å². The third kappa shape index (κ3) is 4.78. The Morgan fingerprint density at radius 2 is 2.00 bits per heavy atom. The number of carbonyl (C=O) groups is 1. The number of esters is 1. The minimum Gasteiger partial charge on any atom is -0.465 e. The summed E-state index contributed by atoms with van der Waals surface area (Å²) in [6.45, 7) is 7.11. The van der Waals surface area contributed by atoms with Crippen molar-refractivity contribution in [1.29, 1.82) is 0 Å². The summed E-state index contributed by atoms with van der Waals surface area (Å²) in [7, 11) is 1.32. The molecule has 0 saturated heterocycles. The molecule has 0 rings (SSSR count). The molecule has 2 nitrogen and oxygen atoms in total. The Balaban J connectivity index is 4.08. The van der Waals surface area contributed by atoms with Gasteiger partial charge in [0.2, 0.25) is 0 Å². The fourth-order valence-corrected chi connectivity index (χ4v) is 0.570. The van der Waals surface area contributed by atoms with Gasteiger partial charge in [0.25, 0.3) is 0 Å². The Kier molecular flexibility index (Phi) is 4.85. The molecule has 3 heteroatoms. The number of halogens is 1. The van der Waals surface area contributed by atoms with Crippen LogP contribution in [0, 0.1) is 0 Å². The molecule has 0 aromatic heterocycles. The molecule has 0 aliphatic heterocycles. The van der Waals surface area contributed by atoms with E-state index in [4.69, 9.17) is 0 Å². The number of hydrogen-bond acceptors (Lipinski definition) is 2. The van der Waals surface area contributed by atoms with Crippen LogP contribution in [0.25, 0.3) is 0 Å². The number of carbonyl (C=O) groups excluding carboxylic acids is 1. The second-order valence-electron chi connectivity index (χ2n) is 1.80. The predicted molar refractivity (Wildman–Crippen MR) is 53.5 cm³/mol. The van der Waals surface area contributed by atoms with Crippen LogP contribution >= 0.6 is 22.6 Å². The second kappa shape index (κ2) is 5.12. The number of ether oxygens (including phenoxy) is 1. The van der Waals surface area contributed by atoms with Gasteiger partial charge < -0.3 is 4.74 Å². The summed E-state index contributed by atoms with van der Waals surface area (Å²) in [5.74, 6) is -0.418. The largest absolute Gasteiger partial charge is 0.465 e. The minimum absolute atomic E-state index is 0.324. The lowest BCUT2D eigenvalue weighted by atomic mass is 10.3. The van der Waals surface area contributed by atoms with Crippen molar-refractivity contribution in [2.75, 3.05) is 7.11 Å². The lowest BCUT2D eigenvalue weighted by Gasteiger charge is -1.95.